The van der Waals surface area contributed by atoms with Crippen molar-refractivity contribution in [1.29, 1.82) is 0 Å². The first kappa shape index (κ1) is 10.3. The normalized spacial score (nSPS) is 32.8. The second-order valence-electron chi connectivity index (χ2n) is 6.03. The van der Waals surface area contributed by atoms with Crippen molar-refractivity contribution in [3.8, 4) is 5.69 Å². The van der Waals surface area contributed by atoms with Gasteiger partial charge in [0.05, 0.1) is 17.6 Å². The number of hydrogen-bond donors (Lipinski definition) is 1. The minimum Gasteiger partial charge on any atom is -0.325 e. The van der Waals surface area contributed by atoms with Crippen molar-refractivity contribution >= 4 is 0 Å². The van der Waals surface area contributed by atoms with E-state index in [1.165, 1.54) is 5.56 Å². The molecule has 0 aliphatic heterocycles. The highest BCUT2D eigenvalue weighted by molar-refractivity contribution is 5.37. The Morgan fingerprint density at radius 3 is 2.44 bits per heavy atom. The molecule has 0 radical (unpaired) electrons. The van der Waals surface area contributed by atoms with Crippen molar-refractivity contribution in [3.05, 3.63) is 41.7 Å². The first-order valence-corrected chi connectivity index (χ1v) is 6.38. The molecule has 5 rings (SSSR count). The molecule has 0 unspecified atom stereocenters. The lowest BCUT2D eigenvalue weighted by atomic mass is 9.39. The lowest BCUT2D eigenvalue weighted by molar-refractivity contribution is -0.0622. The quantitative estimate of drug-likeness (QED) is 0.869. The summed E-state index contributed by atoms with van der Waals surface area (Å²) in [4.78, 5) is 1.72. The molecule has 0 spiro atoms. The monoisotopic (exact) mass is 240 g/mol. The van der Waals surface area contributed by atoms with E-state index in [1.54, 1.807) is 4.80 Å². The molecule has 4 nitrogen and oxygen atoms in total. The topological polar surface area (TPSA) is 56.7 Å². The van der Waals surface area contributed by atoms with E-state index in [1.807, 2.05) is 18.3 Å². The Bertz CT molecular complexity index is 591. The molecular formula is C14H16N4. The van der Waals surface area contributed by atoms with Crippen molar-refractivity contribution in [1.82, 2.24) is 15.0 Å². The second-order valence-corrected chi connectivity index (χ2v) is 6.03. The van der Waals surface area contributed by atoms with Gasteiger partial charge in [0.25, 0.3) is 0 Å². The average Bonchev–Trinajstić information content (AvgIpc) is 2.74. The summed E-state index contributed by atoms with van der Waals surface area (Å²) in [5, 5.41) is 9.00. The summed E-state index contributed by atoms with van der Waals surface area (Å²) >= 11 is 0. The number of nitrogens with zero attached hydrogens (tertiary/aromatic N) is 3. The van der Waals surface area contributed by atoms with Gasteiger partial charge in [0, 0.05) is 11.0 Å². The summed E-state index contributed by atoms with van der Waals surface area (Å²) < 4.78 is 0. The van der Waals surface area contributed by atoms with Crippen molar-refractivity contribution in [2.75, 3.05) is 0 Å². The van der Waals surface area contributed by atoms with Crippen LogP contribution in [0, 0.1) is 6.92 Å². The summed E-state index contributed by atoms with van der Waals surface area (Å²) in [5.41, 5.74) is 9.82. The van der Waals surface area contributed by atoms with Gasteiger partial charge >= 0.3 is 0 Å². The molecule has 3 saturated carbocycles. The predicted molar refractivity (Wildman–Crippen MR) is 68.5 cm³/mol. The van der Waals surface area contributed by atoms with Crippen molar-refractivity contribution in [2.45, 2.75) is 37.1 Å². The largest absolute Gasteiger partial charge is 0.325 e. The summed E-state index contributed by atoms with van der Waals surface area (Å²) in [6, 6.07) is 8.25. The Morgan fingerprint density at radius 2 is 1.83 bits per heavy atom. The fourth-order valence-corrected chi connectivity index (χ4v) is 3.45. The highest BCUT2D eigenvalue weighted by Gasteiger charge is 2.67. The van der Waals surface area contributed by atoms with Gasteiger partial charge in [-0.1, -0.05) is 17.7 Å². The van der Waals surface area contributed by atoms with E-state index in [4.69, 9.17) is 5.73 Å². The van der Waals surface area contributed by atoms with Crippen LogP contribution in [0.2, 0.25) is 0 Å². The van der Waals surface area contributed by atoms with Crippen LogP contribution >= 0.6 is 0 Å². The number of nitrogens with two attached hydrogens (primary N) is 1. The molecule has 1 aromatic carbocycles. The molecule has 3 fully saturated rings. The molecule has 92 valence electrons. The fourth-order valence-electron chi connectivity index (χ4n) is 3.45. The molecule has 0 atom stereocenters. The molecule has 1 aromatic heterocycles. The SMILES string of the molecule is Cc1ccc(-n2ncc(C34CC(N)(C3)C4)n2)cc1. The van der Waals surface area contributed by atoms with Gasteiger partial charge in [-0.2, -0.15) is 15.0 Å². The Hall–Kier alpha value is -1.68. The molecule has 18 heavy (non-hydrogen) atoms. The summed E-state index contributed by atoms with van der Waals surface area (Å²) in [5.74, 6) is 0. The van der Waals surface area contributed by atoms with E-state index in [0.717, 1.165) is 30.6 Å². The van der Waals surface area contributed by atoms with E-state index in [9.17, 15) is 0 Å². The molecule has 3 aliphatic carbocycles. The van der Waals surface area contributed by atoms with E-state index < -0.39 is 0 Å². The van der Waals surface area contributed by atoms with Gasteiger partial charge in [-0.05, 0) is 38.3 Å². The zero-order chi connectivity index (χ0) is 12.4. The Balaban J connectivity index is 1.65. The molecule has 2 bridgehead atoms. The Morgan fingerprint density at radius 1 is 1.17 bits per heavy atom. The van der Waals surface area contributed by atoms with Gasteiger partial charge < -0.3 is 5.73 Å². The average molecular weight is 240 g/mol. The maximum absolute atomic E-state index is 6.09. The van der Waals surface area contributed by atoms with E-state index in [0.29, 0.717) is 0 Å². The third-order valence-electron chi connectivity index (χ3n) is 4.37. The zero-order valence-electron chi connectivity index (χ0n) is 10.4. The second kappa shape index (κ2) is 3.01. The molecule has 0 amide bonds. The minimum atomic E-state index is 0.119. The smallest absolute Gasteiger partial charge is 0.0895 e. The molecule has 3 aliphatic rings. The van der Waals surface area contributed by atoms with Gasteiger partial charge in [-0.3, -0.25) is 0 Å². The van der Waals surface area contributed by atoms with Crippen LogP contribution < -0.4 is 5.73 Å². The zero-order valence-corrected chi connectivity index (χ0v) is 10.4. The molecular weight excluding hydrogens is 224 g/mol. The van der Waals surface area contributed by atoms with Crippen LogP contribution in [0.4, 0.5) is 0 Å². The van der Waals surface area contributed by atoms with E-state index in [2.05, 4.69) is 29.3 Å². The molecule has 0 saturated heterocycles. The number of aryl methyl sites for hydroxylation is 1. The third-order valence-corrected chi connectivity index (χ3v) is 4.37. The number of rotatable bonds is 2. The third kappa shape index (κ3) is 1.24. The lowest BCUT2D eigenvalue weighted by Crippen LogP contribution is -2.74. The maximum Gasteiger partial charge on any atom is 0.0895 e. The lowest BCUT2D eigenvalue weighted by Gasteiger charge is -2.68. The first-order valence-electron chi connectivity index (χ1n) is 6.38. The van der Waals surface area contributed by atoms with Crippen LogP contribution in [0.5, 0.6) is 0 Å². The van der Waals surface area contributed by atoms with Crippen LogP contribution in [0.1, 0.15) is 30.5 Å². The number of benzene rings is 1. The van der Waals surface area contributed by atoms with Crippen LogP contribution in [0.15, 0.2) is 30.5 Å². The van der Waals surface area contributed by atoms with Gasteiger partial charge in [0.2, 0.25) is 0 Å². The van der Waals surface area contributed by atoms with Gasteiger partial charge in [0.15, 0.2) is 0 Å². The predicted octanol–water partition coefficient (Wildman–Crippen LogP) is 1.71. The molecule has 2 N–H and O–H groups in total. The standard InChI is InChI=1S/C14H16N4/c1-10-2-4-11(5-3-10)18-16-6-12(17-18)13-7-14(15,8-13)9-13/h2-6H,7-9,15H2,1H3. The summed E-state index contributed by atoms with van der Waals surface area (Å²) in [6.07, 6.45) is 5.13. The van der Waals surface area contributed by atoms with Gasteiger partial charge in [-0.25, -0.2) is 0 Å². The summed E-state index contributed by atoms with van der Waals surface area (Å²) in [6.45, 7) is 2.08. The van der Waals surface area contributed by atoms with Crippen molar-refractivity contribution < 1.29 is 0 Å². The highest BCUT2D eigenvalue weighted by Crippen LogP contribution is 2.65. The fraction of sp³-hybridized carbons (Fsp3) is 0.429. The van der Waals surface area contributed by atoms with Crippen LogP contribution in [0.3, 0.4) is 0 Å². The Kier molecular flexibility index (Phi) is 1.71. The minimum absolute atomic E-state index is 0.119. The van der Waals surface area contributed by atoms with E-state index >= 15 is 0 Å². The molecule has 1 heterocycles. The van der Waals surface area contributed by atoms with Crippen molar-refractivity contribution in [3.63, 3.8) is 0 Å². The summed E-state index contributed by atoms with van der Waals surface area (Å²) in [7, 11) is 0. The molecule has 4 heteroatoms. The first-order chi connectivity index (χ1) is 8.59. The molecule has 2 aromatic rings. The number of aromatic nitrogens is 3. The van der Waals surface area contributed by atoms with Crippen molar-refractivity contribution in [2.24, 2.45) is 5.73 Å². The number of hydrogen-bond acceptors (Lipinski definition) is 3. The van der Waals surface area contributed by atoms with Crippen LogP contribution in [-0.2, 0) is 5.41 Å². The maximum atomic E-state index is 6.09. The highest BCUT2D eigenvalue weighted by atomic mass is 15.5. The van der Waals surface area contributed by atoms with E-state index in [-0.39, 0.29) is 11.0 Å². The van der Waals surface area contributed by atoms with Crippen LogP contribution in [0.25, 0.3) is 5.69 Å². The Labute approximate surface area is 106 Å². The van der Waals surface area contributed by atoms with Gasteiger partial charge in [-0.15, -0.1) is 0 Å². The van der Waals surface area contributed by atoms with Crippen LogP contribution in [-0.4, -0.2) is 20.5 Å². The van der Waals surface area contributed by atoms with Gasteiger partial charge in [0.1, 0.15) is 0 Å².